The van der Waals surface area contributed by atoms with Gasteiger partial charge in [-0.25, -0.2) is 9.97 Å². The molecule has 0 aliphatic carbocycles. The Balaban J connectivity index is 1.91. The van der Waals surface area contributed by atoms with E-state index in [1.165, 1.54) is 11.3 Å². The number of hydrogen-bond donors (Lipinski definition) is 0. The van der Waals surface area contributed by atoms with E-state index in [1.54, 1.807) is 10.9 Å². The molecule has 0 saturated heterocycles. The predicted molar refractivity (Wildman–Crippen MR) is 96.7 cm³/mol. The van der Waals surface area contributed by atoms with Gasteiger partial charge >= 0.3 is 0 Å². The van der Waals surface area contributed by atoms with Crippen molar-refractivity contribution in [1.29, 1.82) is 0 Å². The molecule has 5 nitrogen and oxygen atoms in total. The quantitative estimate of drug-likeness (QED) is 0.728. The third-order valence-corrected chi connectivity index (χ3v) is 6.01. The molecule has 0 spiro atoms. The lowest BCUT2D eigenvalue weighted by Crippen LogP contribution is -2.35. The molecule has 0 unspecified atom stereocenters. The largest absolute Gasteiger partial charge is 0.370 e. The summed E-state index contributed by atoms with van der Waals surface area (Å²) in [6.45, 7) is 7.61. The van der Waals surface area contributed by atoms with Gasteiger partial charge in [0, 0.05) is 23.9 Å². The van der Waals surface area contributed by atoms with Crippen molar-refractivity contribution in [3.8, 4) is 0 Å². The highest BCUT2D eigenvalue weighted by molar-refractivity contribution is 7.25. The third-order valence-electron chi connectivity index (χ3n) is 4.94. The molecule has 6 heteroatoms. The number of nitrogens with zero attached hydrogens (tertiary/aromatic N) is 3. The summed E-state index contributed by atoms with van der Waals surface area (Å²) in [6, 6.07) is 2.11. The van der Waals surface area contributed by atoms with Crippen LogP contribution in [0.15, 0.2) is 17.2 Å². The molecule has 3 aromatic heterocycles. The van der Waals surface area contributed by atoms with Crippen molar-refractivity contribution in [3.05, 3.63) is 34.0 Å². The summed E-state index contributed by atoms with van der Waals surface area (Å²) in [5, 5.41) is 0.971. The van der Waals surface area contributed by atoms with E-state index in [1.807, 2.05) is 0 Å². The topological polar surface area (TPSA) is 57.0 Å². The zero-order valence-corrected chi connectivity index (χ0v) is 15.1. The van der Waals surface area contributed by atoms with Crippen molar-refractivity contribution in [3.63, 3.8) is 0 Å². The van der Waals surface area contributed by atoms with Crippen LogP contribution in [0.3, 0.4) is 0 Å². The molecular weight excluding hydrogens is 322 g/mol. The van der Waals surface area contributed by atoms with Crippen LogP contribution in [-0.4, -0.2) is 20.1 Å². The molecule has 4 rings (SSSR count). The van der Waals surface area contributed by atoms with Gasteiger partial charge in [-0.2, -0.15) is 0 Å². The van der Waals surface area contributed by atoms with E-state index < -0.39 is 0 Å². The number of aryl methyl sites for hydroxylation is 1. The van der Waals surface area contributed by atoms with Gasteiger partial charge in [0.25, 0.3) is 5.56 Å². The third kappa shape index (κ3) is 2.36. The minimum atomic E-state index is -0.142. The minimum Gasteiger partial charge on any atom is -0.370 e. The van der Waals surface area contributed by atoms with Gasteiger partial charge in [-0.05, 0) is 25.8 Å². The van der Waals surface area contributed by atoms with Crippen LogP contribution in [0.2, 0.25) is 0 Å². The van der Waals surface area contributed by atoms with E-state index in [2.05, 4.69) is 31.8 Å². The van der Waals surface area contributed by atoms with Gasteiger partial charge in [0.1, 0.15) is 9.53 Å². The zero-order chi connectivity index (χ0) is 16.9. The molecular formula is C18H21N3O2S. The molecule has 0 radical (unpaired) electrons. The molecule has 1 aliphatic rings. The second-order valence-electron chi connectivity index (χ2n) is 6.74. The maximum Gasteiger partial charge on any atom is 0.271 e. The average Bonchev–Trinajstić information content (AvgIpc) is 2.94. The molecule has 0 amide bonds. The van der Waals surface area contributed by atoms with Crippen molar-refractivity contribution >= 4 is 31.8 Å². The first-order valence-electron chi connectivity index (χ1n) is 8.49. The molecule has 1 atom stereocenters. The molecule has 126 valence electrons. The fourth-order valence-electron chi connectivity index (χ4n) is 3.23. The second-order valence-corrected chi connectivity index (χ2v) is 7.74. The van der Waals surface area contributed by atoms with Crippen molar-refractivity contribution in [2.24, 2.45) is 0 Å². The molecule has 0 saturated carbocycles. The zero-order valence-electron chi connectivity index (χ0n) is 14.3. The number of fused-ring (bicyclic) bond motifs is 4. The highest BCUT2D eigenvalue weighted by Crippen LogP contribution is 2.35. The van der Waals surface area contributed by atoms with E-state index in [9.17, 15) is 4.79 Å². The van der Waals surface area contributed by atoms with Gasteiger partial charge in [-0.3, -0.25) is 9.36 Å². The van der Waals surface area contributed by atoms with Crippen LogP contribution < -0.4 is 5.56 Å². The Hall–Kier alpha value is -1.79. The maximum absolute atomic E-state index is 12.6. The van der Waals surface area contributed by atoms with Crippen LogP contribution in [0.5, 0.6) is 0 Å². The maximum atomic E-state index is 12.6. The number of aromatic nitrogens is 3. The Kier molecular flexibility index (Phi) is 3.69. The van der Waals surface area contributed by atoms with E-state index in [0.717, 1.165) is 46.3 Å². The number of hydrogen-bond acceptors (Lipinski definition) is 5. The van der Waals surface area contributed by atoms with E-state index >= 15 is 0 Å². The molecule has 0 N–H and O–H groups in total. The van der Waals surface area contributed by atoms with E-state index in [4.69, 9.17) is 9.72 Å². The van der Waals surface area contributed by atoms with Crippen LogP contribution >= 0.6 is 11.3 Å². The Morgan fingerprint density at radius 1 is 1.42 bits per heavy atom. The number of pyridine rings is 1. The second kappa shape index (κ2) is 5.63. The first kappa shape index (κ1) is 15.7. The first-order valence-corrected chi connectivity index (χ1v) is 9.30. The van der Waals surface area contributed by atoms with Crippen molar-refractivity contribution < 1.29 is 4.74 Å². The smallest absolute Gasteiger partial charge is 0.271 e. The summed E-state index contributed by atoms with van der Waals surface area (Å²) in [5.41, 5.74) is 2.88. The van der Waals surface area contributed by atoms with E-state index in [0.29, 0.717) is 17.9 Å². The van der Waals surface area contributed by atoms with Gasteiger partial charge in [-0.1, -0.05) is 13.8 Å². The van der Waals surface area contributed by atoms with Gasteiger partial charge in [0.15, 0.2) is 0 Å². The molecule has 0 bridgehead atoms. The monoisotopic (exact) mass is 343 g/mol. The van der Waals surface area contributed by atoms with Crippen molar-refractivity contribution in [2.75, 3.05) is 0 Å². The summed E-state index contributed by atoms with van der Waals surface area (Å²) in [7, 11) is 0. The fraction of sp³-hybridized carbons (Fsp3) is 0.500. The summed E-state index contributed by atoms with van der Waals surface area (Å²) in [4.78, 5) is 22.9. The Morgan fingerprint density at radius 3 is 3.00 bits per heavy atom. The summed E-state index contributed by atoms with van der Waals surface area (Å²) < 4.78 is 8.42. The standard InChI is InChI=1S/C18H21N3O2S/c1-4-6-21-10-19-14-12-7-11-9-23-18(3,5-2)8-13(11)20-16(12)24-15(14)17(21)22/h7,10H,4-6,8-9H2,1-3H3/t18-/m1/s1. The van der Waals surface area contributed by atoms with Crippen molar-refractivity contribution in [2.45, 2.75) is 58.8 Å². The van der Waals surface area contributed by atoms with Crippen LogP contribution in [0, 0.1) is 0 Å². The normalized spacial score (nSPS) is 20.6. The lowest BCUT2D eigenvalue weighted by atomic mass is 9.91. The van der Waals surface area contributed by atoms with E-state index in [-0.39, 0.29) is 11.2 Å². The number of rotatable bonds is 3. The highest BCUT2D eigenvalue weighted by Gasteiger charge is 2.30. The van der Waals surface area contributed by atoms with Crippen LogP contribution in [0.4, 0.5) is 0 Å². The molecule has 3 aromatic rings. The molecule has 4 heterocycles. The Morgan fingerprint density at radius 2 is 2.25 bits per heavy atom. The van der Waals surface area contributed by atoms with Gasteiger partial charge < -0.3 is 4.74 Å². The summed E-state index contributed by atoms with van der Waals surface area (Å²) >= 11 is 1.46. The predicted octanol–water partition coefficient (Wildman–Crippen LogP) is 3.66. The molecule has 0 fully saturated rings. The molecule has 0 aromatic carbocycles. The fourth-order valence-corrected chi connectivity index (χ4v) is 4.31. The Bertz CT molecular complexity index is 991. The summed E-state index contributed by atoms with van der Waals surface area (Å²) in [5.74, 6) is 0. The average molecular weight is 343 g/mol. The van der Waals surface area contributed by atoms with Crippen LogP contribution in [-0.2, 0) is 24.3 Å². The minimum absolute atomic E-state index is 0.0393. The Labute approximate surface area is 144 Å². The molecule has 1 aliphatic heterocycles. The SMILES string of the molecule is CCCn1cnc2c(sc3nc4c(cc32)CO[C@](C)(CC)C4)c1=O. The number of thiophene rings is 1. The van der Waals surface area contributed by atoms with Gasteiger partial charge in [-0.15, -0.1) is 11.3 Å². The first-order chi connectivity index (χ1) is 11.5. The highest BCUT2D eigenvalue weighted by atomic mass is 32.1. The van der Waals surface area contributed by atoms with Crippen LogP contribution in [0.25, 0.3) is 20.4 Å². The van der Waals surface area contributed by atoms with Crippen molar-refractivity contribution in [1.82, 2.24) is 14.5 Å². The van der Waals surface area contributed by atoms with Gasteiger partial charge in [0.05, 0.1) is 29.7 Å². The molecule has 24 heavy (non-hydrogen) atoms. The summed E-state index contributed by atoms with van der Waals surface area (Å²) in [6.07, 6.45) is 4.35. The number of ether oxygens (including phenoxy) is 1. The van der Waals surface area contributed by atoms with Gasteiger partial charge in [0.2, 0.25) is 0 Å². The lowest BCUT2D eigenvalue weighted by Gasteiger charge is -2.33. The van der Waals surface area contributed by atoms with Crippen LogP contribution in [0.1, 0.15) is 44.9 Å². The lowest BCUT2D eigenvalue weighted by molar-refractivity contribution is -0.0573.